The molecule has 3 heterocycles. The molecule has 7 nitrogen and oxygen atoms in total. The van der Waals surface area contributed by atoms with Gasteiger partial charge in [0.2, 0.25) is 0 Å². The molecule has 0 spiro atoms. The van der Waals surface area contributed by atoms with Gasteiger partial charge in [0.1, 0.15) is 5.82 Å². The van der Waals surface area contributed by atoms with Crippen LogP contribution >= 0.6 is 27.3 Å². The van der Waals surface area contributed by atoms with Gasteiger partial charge in [-0.3, -0.25) is 14.9 Å². The van der Waals surface area contributed by atoms with Crippen molar-refractivity contribution in [2.24, 2.45) is 0 Å². The largest absolute Gasteiger partial charge is 0.353 e. The van der Waals surface area contributed by atoms with Crippen LogP contribution in [0.2, 0.25) is 0 Å². The van der Waals surface area contributed by atoms with Crippen LogP contribution in [0.1, 0.15) is 15.2 Å². The smallest absolute Gasteiger partial charge is 0.324 e. The fourth-order valence-electron chi connectivity index (χ4n) is 2.68. The standard InChI is InChI=1S/C15H15BrN4O3S/c1-10-8-11(16)9-17-14(10)18-4-6-19(7-5-18)15(21)12-2-3-13(24-12)20(22)23/h2-3,8-9H,4-7H2,1H3. The quantitative estimate of drug-likeness (QED) is 0.573. The zero-order valence-electron chi connectivity index (χ0n) is 12.9. The van der Waals surface area contributed by atoms with Crippen LogP contribution in [0.25, 0.3) is 0 Å². The molecule has 1 aliphatic heterocycles. The van der Waals surface area contributed by atoms with Crippen molar-refractivity contribution in [3.05, 3.63) is 49.4 Å². The zero-order valence-corrected chi connectivity index (χ0v) is 15.3. The van der Waals surface area contributed by atoms with Gasteiger partial charge >= 0.3 is 5.00 Å². The van der Waals surface area contributed by atoms with E-state index in [1.54, 1.807) is 11.1 Å². The van der Waals surface area contributed by atoms with Gasteiger partial charge in [0.15, 0.2) is 0 Å². The highest BCUT2D eigenvalue weighted by Gasteiger charge is 2.25. The summed E-state index contributed by atoms with van der Waals surface area (Å²) in [5.41, 5.74) is 1.08. The molecule has 1 aliphatic rings. The van der Waals surface area contributed by atoms with Gasteiger partial charge in [-0.2, -0.15) is 0 Å². The summed E-state index contributed by atoms with van der Waals surface area (Å²) in [5, 5.41) is 10.7. The van der Waals surface area contributed by atoms with E-state index in [4.69, 9.17) is 0 Å². The number of piperazine rings is 1. The van der Waals surface area contributed by atoms with Crippen molar-refractivity contribution >= 4 is 44.0 Å². The molecule has 0 atom stereocenters. The molecule has 0 saturated carbocycles. The van der Waals surface area contributed by atoms with Gasteiger partial charge in [-0.15, -0.1) is 0 Å². The third kappa shape index (κ3) is 3.41. The van der Waals surface area contributed by atoms with E-state index in [0.717, 1.165) is 27.2 Å². The molecule has 0 aliphatic carbocycles. The summed E-state index contributed by atoms with van der Waals surface area (Å²) in [7, 11) is 0. The maximum Gasteiger partial charge on any atom is 0.324 e. The highest BCUT2D eigenvalue weighted by atomic mass is 79.9. The molecule has 3 rings (SSSR count). The third-order valence-corrected chi connectivity index (χ3v) is 5.32. The summed E-state index contributed by atoms with van der Waals surface area (Å²) in [5.74, 6) is 0.783. The Balaban J connectivity index is 1.65. The second kappa shape index (κ2) is 6.86. The first kappa shape index (κ1) is 16.8. The van der Waals surface area contributed by atoms with E-state index < -0.39 is 4.92 Å². The van der Waals surface area contributed by atoms with Crippen molar-refractivity contribution in [3.8, 4) is 0 Å². The highest BCUT2D eigenvalue weighted by Crippen LogP contribution is 2.26. The fraction of sp³-hybridized carbons (Fsp3) is 0.333. The summed E-state index contributed by atoms with van der Waals surface area (Å²) < 4.78 is 0.942. The number of halogens is 1. The van der Waals surface area contributed by atoms with E-state index in [1.165, 1.54) is 12.1 Å². The minimum absolute atomic E-state index is 0.00771. The molecule has 9 heteroatoms. The topological polar surface area (TPSA) is 79.6 Å². The van der Waals surface area contributed by atoms with Crippen LogP contribution in [-0.2, 0) is 0 Å². The number of carbonyl (C=O) groups is 1. The summed E-state index contributed by atoms with van der Waals surface area (Å²) in [4.78, 5) is 31.5. The number of thiophene rings is 1. The molecule has 24 heavy (non-hydrogen) atoms. The van der Waals surface area contributed by atoms with Crippen molar-refractivity contribution in [2.75, 3.05) is 31.1 Å². The molecule has 1 amide bonds. The number of nitro groups is 1. The Morgan fingerprint density at radius 1 is 1.33 bits per heavy atom. The minimum atomic E-state index is -0.471. The lowest BCUT2D eigenvalue weighted by Crippen LogP contribution is -2.49. The first-order chi connectivity index (χ1) is 11.5. The number of nitrogens with zero attached hydrogens (tertiary/aromatic N) is 4. The average Bonchev–Trinajstić information content (AvgIpc) is 3.05. The van der Waals surface area contributed by atoms with E-state index in [1.807, 2.05) is 13.0 Å². The predicted octanol–water partition coefficient (Wildman–Crippen LogP) is 3.08. The Kier molecular flexibility index (Phi) is 4.81. The number of rotatable bonds is 3. The van der Waals surface area contributed by atoms with E-state index >= 15 is 0 Å². The molecule has 1 fully saturated rings. The van der Waals surface area contributed by atoms with Gasteiger partial charge in [0.25, 0.3) is 5.91 Å². The fourth-order valence-corrected chi connectivity index (χ4v) is 3.92. The SMILES string of the molecule is Cc1cc(Br)cnc1N1CCN(C(=O)c2ccc([N+](=O)[O-])s2)CC1. The van der Waals surface area contributed by atoms with E-state index in [9.17, 15) is 14.9 Å². The Hall–Kier alpha value is -2.00. The summed E-state index contributed by atoms with van der Waals surface area (Å²) in [6.07, 6.45) is 1.77. The Morgan fingerprint density at radius 2 is 2.04 bits per heavy atom. The molecule has 0 unspecified atom stereocenters. The van der Waals surface area contributed by atoms with Crippen molar-refractivity contribution in [1.82, 2.24) is 9.88 Å². The minimum Gasteiger partial charge on any atom is -0.353 e. The second-order valence-corrected chi connectivity index (χ2v) is 7.45. The zero-order chi connectivity index (χ0) is 17.3. The number of hydrogen-bond acceptors (Lipinski definition) is 6. The number of pyridine rings is 1. The summed E-state index contributed by atoms with van der Waals surface area (Å²) >= 11 is 4.33. The lowest BCUT2D eigenvalue weighted by molar-refractivity contribution is -0.380. The van der Waals surface area contributed by atoms with Crippen LogP contribution in [-0.4, -0.2) is 46.9 Å². The van der Waals surface area contributed by atoms with E-state index in [0.29, 0.717) is 31.1 Å². The molecule has 0 bridgehead atoms. The van der Waals surface area contributed by atoms with Crippen LogP contribution in [0.3, 0.4) is 0 Å². The first-order valence-electron chi connectivity index (χ1n) is 7.36. The van der Waals surface area contributed by atoms with Crippen molar-refractivity contribution in [1.29, 1.82) is 0 Å². The van der Waals surface area contributed by atoms with Crippen LogP contribution in [0.4, 0.5) is 10.8 Å². The Morgan fingerprint density at radius 3 is 2.62 bits per heavy atom. The van der Waals surface area contributed by atoms with Crippen molar-refractivity contribution < 1.29 is 9.72 Å². The number of aryl methyl sites for hydroxylation is 1. The highest BCUT2D eigenvalue weighted by molar-refractivity contribution is 9.10. The maximum atomic E-state index is 12.5. The molecule has 2 aromatic heterocycles. The van der Waals surface area contributed by atoms with Gasteiger partial charge in [-0.05, 0) is 40.5 Å². The van der Waals surface area contributed by atoms with Gasteiger partial charge in [-0.25, -0.2) is 4.98 Å². The molecule has 0 aromatic carbocycles. The second-order valence-electron chi connectivity index (χ2n) is 5.47. The van der Waals surface area contributed by atoms with Crippen LogP contribution in [0.5, 0.6) is 0 Å². The predicted molar refractivity (Wildman–Crippen MR) is 95.8 cm³/mol. The van der Waals surface area contributed by atoms with Gasteiger partial charge in [0, 0.05) is 42.9 Å². The lowest BCUT2D eigenvalue weighted by atomic mass is 10.2. The normalized spacial score (nSPS) is 14.8. The third-order valence-electron chi connectivity index (χ3n) is 3.87. The Labute approximate surface area is 151 Å². The molecular weight excluding hydrogens is 396 g/mol. The number of hydrogen-bond donors (Lipinski definition) is 0. The molecule has 0 radical (unpaired) electrons. The van der Waals surface area contributed by atoms with Gasteiger partial charge < -0.3 is 9.80 Å². The average molecular weight is 411 g/mol. The van der Waals surface area contributed by atoms with Crippen LogP contribution in [0, 0.1) is 17.0 Å². The Bertz CT molecular complexity index is 787. The number of anilines is 1. The maximum absolute atomic E-state index is 12.5. The lowest BCUT2D eigenvalue weighted by Gasteiger charge is -2.35. The van der Waals surface area contributed by atoms with Gasteiger partial charge in [0.05, 0.1) is 9.80 Å². The van der Waals surface area contributed by atoms with Gasteiger partial charge in [-0.1, -0.05) is 11.3 Å². The molecule has 1 saturated heterocycles. The van der Waals surface area contributed by atoms with E-state index in [-0.39, 0.29) is 10.9 Å². The monoisotopic (exact) mass is 410 g/mol. The van der Waals surface area contributed by atoms with Crippen molar-refractivity contribution in [3.63, 3.8) is 0 Å². The number of aromatic nitrogens is 1. The van der Waals surface area contributed by atoms with Crippen LogP contribution in [0.15, 0.2) is 28.9 Å². The molecule has 0 N–H and O–H groups in total. The van der Waals surface area contributed by atoms with Crippen LogP contribution < -0.4 is 4.90 Å². The first-order valence-corrected chi connectivity index (χ1v) is 8.97. The van der Waals surface area contributed by atoms with Crippen molar-refractivity contribution in [2.45, 2.75) is 6.92 Å². The molecule has 2 aromatic rings. The molecule has 126 valence electrons. The number of carbonyl (C=O) groups excluding carboxylic acids is 1. The molecular formula is C15H15BrN4O3S. The van der Waals surface area contributed by atoms with E-state index in [2.05, 4.69) is 25.8 Å². The summed E-state index contributed by atoms with van der Waals surface area (Å²) in [6.45, 7) is 4.53. The number of amides is 1. The summed E-state index contributed by atoms with van der Waals surface area (Å²) in [6, 6.07) is 4.92.